The topological polar surface area (TPSA) is 46.5 Å². The maximum atomic E-state index is 12.3. The molecule has 2 unspecified atom stereocenters. The average Bonchev–Trinajstić information content (AvgIpc) is 2.36. The van der Waals surface area contributed by atoms with Crippen LogP contribution in [0, 0.1) is 17.3 Å². The predicted octanol–water partition coefficient (Wildman–Crippen LogP) is 3.79. The lowest BCUT2D eigenvalue weighted by molar-refractivity contribution is -0.166. The molecule has 0 rings (SSSR count). The van der Waals surface area contributed by atoms with Gasteiger partial charge in [0.2, 0.25) is 0 Å². The van der Waals surface area contributed by atoms with E-state index in [4.69, 9.17) is 4.74 Å². The largest absolute Gasteiger partial charge is 0.461 e. The van der Waals surface area contributed by atoms with Crippen LogP contribution in [0.2, 0.25) is 0 Å². The number of hydrogen-bond acceptors (Lipinski definition) is 3. The summed E-state index contributed by atoms with van der Waals surface area (Å²) in [6, 6.07) is 0. The molecule has 19 heavy (non-hydrogen) atoms. The molecule has 0 fully saturated rings. The van der Waals surface area contributed by atoms with Crippen molar-refractivity contribution < 1.29 is 14.6 Å². The van der Waals surface area contributed by atoms with Gasteiger partial charge in [-0.2, -0.15) is 0 Å². The van der Waals surface area contributed by atoms with Gasteiger partial charge in [0.25, 0.3) is 0 Å². The van der Waals surface area contributed by atoms with Gasteiger partial charge in [-0.1, -0.05) is 54.4 Å². The van der Waals surface area contributed by atoms with Crippen molar-refractivity contribution in [3.05, 3.63) is 0 Å². The molecule has 0 aromatic carbocycles. The van der Waals surface area contributed by atoms with E-state index in [0.29, 0.717) is 0 Å². The van der Waals surface area contributed by atoms with Gasteiger partial charge >= 0.3 is 5.97 Å². The highest BCUT2D eigenvalue weighted by molar-refractivity contribution is 5.72. The molecule has 0 aliphatic carbocycles. The Morgan fingerprint density at radius 1 is 1.26 bits per heavy atom. The standard InChI is InChI=1S/C16H32O3/c1-7-9-10-13(8-2)15(18)19-14(12(3)4)16(5,6)11-17/h12-14,17H,7-11H2,1-6H3. The summed E-state index contributed by atoms with van der Waals surface area (Å²) in [5, 5.41) is 9.47. The van der Waals surface area contributed by atoms with E-state index in [1.807, 2.05) is 34.6 Å². The van der Waals surface area contributed by atoms with Crippen molar-refractivity contribution in [2.75, 3.05) is 6.61 Å². The van der Waals surface area contributed by atoms with E-state index in [1.165, 1.54) is 0 Å². The van der Waals surface area contributed by atoms with Gasteiger partial charge in [-0.3, -0.25) is 4.79 Å². The van der Waals surface area contributed by atoms with E-state index < -0.39 is 5.41 Å². The van der Waals surface area contributed by atoms with Gasteiger partial charge in [-0.25, -0.2) is 0 Å². The fourth-order valence-electron chi connectivity index (χ4n) is 2.45. The first-order chi connectivity index (χ1) is 8.80. The Kier molecular flexibility index (Phi) is 8.31. The number of carbonyl (C=O) groups excluding carboxylic acids is 1. The van der Waals surface area contributed by atoms with Gasteiger partial charge in [0, 0.05) is 5.41 Å². The van der Waals surface area contributed by atoms with Crippen molar-refractivity contribution in [1.82, 2.24) is 0 Å². The number of aliphatic hydroxyl groups excluding tert-OH is 1. The monoisotopic (exact) mass is 272 g/mol. The summed E-state index contributed by atoms with van der Waals surface area (Å²) in [7, 11) is 0. The highest BCUT2D eigenvalue weighted by atomic mass is 16.5. The molecule has 3 nitrogen and oxygen atoms in total. The molecular weight excluding hydrogens is 240 g/mol. The number of hydrogen-bond donors (Lipinski definition) is 1. The highest BCUT2D eigenvalue weighted by Gasteiger charge is 2.35. The zero-order chi connectivity index (χ0) is 15.1. The Bertz CT molecular complexity index is 259. The quantitative estimate of drug-likeness (QED) is 0.650. The Labute approximate surface area is 118 Å². The summed E-state index contributed by atoms with van der Waals surface area (Å²) in [6.45, 7) is 12.1. The van der Waals surface area contributed by atoms with Gasteiger partial charge < -0.3 is 9.84 Å². The van der Waals surface area contributed by atoms with Crippen LogP contribution < -0.4 is 0 Å². The molecule has 0 radical (unpaired) electrons. The zero-order valence-corrected chi connectivity index (χ0v) is 13.5. The SMILES string of the molecule is CCCCC(CC)C(=O)OC(C(C)C)C(C)(C)CO. The summed E-state index contributed by atoms with van der Waals surface area (Å²) in [5.74, 6) is 0.0987. The van der Waals surface area contributed by atoms with Crippen LogP contribution in [-0.2, 0) is 9.53 Å². The second-order valence-corrected chi connectivity index (χ2v) is 6.50. The number of aliphatic hydroxyl groups is 1. The summed E-state index contributed by atoms with van der Waals surface area (Å²) >= 11 is 0. The van der Waals surface area contributed by atoms with E-state index in [-0.39, 0.29) is 30.5 Å². The van der Waals surface area contributed by atoms with Crippen molar-refractivity contribution in [2.45, 2.75) is 73.3 Å². The Hall–Kier alpha value is -0.570. The third-order valence-electron chi connectivity index (χ3n) is 3.76. The molecule has 0 saturated carbocycles. The molecule has 0 aromatic rings. The molecule has 0 bridgehead atoms. The summed E-state index contributed by atoms with van der Waals surface area (Å²) in [6.07, 6.45) is 3.64. The molecule has 0 heterocycles. The minimum Gasteiger partial charge on any atom is -0.461 e. The summed E-state index contributed by atoms with van der Waals surface area (Å²) in [4.78, 5) is 12.3. The van der Waals surface area contributed by atoms with Gasteiger partial charge in [-0.05, 0) is 18.8 Å². The average molecular weight is 272 g/mol. The number of unbranched alkanes of at least 4 members (excludes halogenated alkanes) is 1. The smallest absolute Gasteiger partial charge is 0.309 e. The maximum Gasteiger partial charge on any atom is 0.309 e. The van der Waals surface area contributed by atoms with Crippen molar-refractivity contribution in [3.8, 4) is 0 Å². The van der Waals surface area contributed by atoms with Crippen LogP contribution in [0.4, 0.5) is 0 Å². The van der Waals surface area contributed by atoms with Crippen LogP contribution in [0.3, 0.4) is 0 Å². The lowest BCUT2D eigenvalue weighted by Gasteiger charge is -2.35. The molecule has 0 amide bonds. The third-order valence-corrected chi connectivity index (χ3v) is 3.76. The normalized spacial score (nSPS) is 15.4. The maximum absolute atomic E-state index is 12.3. The molecule has 3 heteroatoms. The first-order valence-corrected chi connectivity index (χ1v) is 7.61. The first kappa shape index (κ1) is 18.4. The second kappa shape index (κ2) is 8.57. The van der Waals surface area contributed by atoms with Gasteiger partial charge in [-0.15, -0.1) is 0 Å². The molecular formula is C16H32O3. The predicted molar refractivity (Wildman–Crippen MR) is 78.9 cm³/mol. The molecule has 0 aliphatic heterocycles. The van der Waals surface area contributed by atoms with E-state index in [1.54, 1.807) is 0 Å². The van der Waals surface area contributed by atoms with Crippen LogP contribution >= 0.6 is 0 Å². The number of esters is 1. The van der Waals surface area contributed by atoms with Gasteiger partial charge in [0.15, 0.2) is 0 Å². The van der Waals surface area contributed by atoms with Crippen LogP contribution in [0.5, 0.6) is 0 Å². The molecule has 0 aromatic heterocycles. The molecule has 114 valence electrons. The van der Waals surface area contributed by atoms with E-state index in [2.05, 4.69) is 6.92 Å². The lowest BCUT2D eigenvalue weighted by Crippen LogP contribution is -2.41. The number of rotatable bonds is 9. The van der Waals surface area contributed by atoms with Crippen molar-refractivity contribution in [3.63, 3.8) is 0 Å². The first-order valence-electron chi connectivity index (χ1n) is 7.61. The van der Waals surface area contributed by atoms with Crippen LogP contribution in [0.15, 0.2) is 0 Å². The van der Waals surface area contributed by atoms with Gasteiger partial charge in [0.05, 0.1) is 12.5 Å². The Balaban J connectivity index is 4.70. The fourth-order valence-corrected chi connectivity index (χ4v) is 2.45. The summed E-state index contributed by atoms with van der Waals surface area (Å²) in [5.41, 5.74) is -0.396. The minimum atomic E-state index is -0.396. The fraction of sp³-hybridized carbons (Fsp3) is 0.938. The van der Waals surface area contributed by atoms with Crippen LogP contribution in [0.25, 0.3) is 0 Å². The zero-order valence-electron chi connectivity index (χ0n) is 13.5. The van der Waals surface area contributed by atoms with E-state index in [0.717, 1.165) is 25.7 Å². The van der Waals surface area contributed by atoms with Crippen LogP contribution in [-0.4, -0.2) is 23.8 Å². The molecule has 1 N–H and O–H groups in total. The second-order valence-electron chi connectivity index (χ2n) is 6.50. The Morgan fingerprint density at radius 2 is 1.84 bits per heavy atom. The van der Waals surface area contributed by atoms with Crippen LogP contribution in [0.1, 0.15) is 67.2 Å². The number of carbonyl (C=O) groups is 1. The number of ether oxygens (including phenoxy) is 1. The van der Waals surface area contributed by atoms with Crippen molar-refractivity contribution in [2.24, 2.45) is 17.3 Å². The molecule has 2 atom stereocenters. The molecule has 0 aliphatic rings. The molecule has 0 spiro atoms. The lowest BCUT2D eigenvalue weighted by atomic mass is 9.81. The van der Waals surface area contributed by atoms with Gasteiger partial charge in [0.1, 0.15) is 6.10 Å². The van der Waals surface area contributed by atoms with E-state index in [9.17, 15) is 9.90 Å². The third kappa shape index (κ3) is 5.94. The molecule has 0 saturated heterocycles. The van der Waals surface area contributed by atoms with Crippen molar-refractivity contribution >= 4 is 5.97 Å². The van der Waals surface area contributed by atoms with E-state index >= 15 is 0 Å². The highest BCUT2D eigenvalue weighted by Crippen LogP contribution is 2.30. The minimum absolute atomic E-state index is 0.00399. The Morgan fingerprint density at radius 3 is 2.21 bits per heavy atom. The van der Waals surface area contributed by atoms with Crippen molar-refractivity contribution in [1.29, 1.82) is 0 Å². The summed E-state index contributed by atoms with van der Waals surface area (Å²) < 4.78 is 5.72.